The minimum Gasteiger partial charge on any atom is -0.380 e. The normalized spacial score (nSPS) is 11.5. The van der Waals surface area contributed by atoms with Gasteiger partial charge in [0.1, 0.15) is 5.82 Å². The van der Waals surface area contributed by atoms with Gasteiger partial charge in [0.25, 0.3) is 0 Å². The molecule has 0 unspecified atom stereocenters. The lowest BCUT2D eigenvalue weighted by molar-refractivity contribution is -0.136. The highest BCUT2D eigenvalue weighted by Gasteiger charge is 2.33. The highest BCUT2D eigenvalue weighted by Crippen LogP contribution is 2.36. The van der Waals surface area contributed by atoms with Crippen LogP contribution >= 0.6 is 11.6 Å². The van der Waals surface area contributed by atoms with E-state index in [1.807, 2.05) is 0 Å². The Labute approximate surface area is 124 Å². The number of aryl methyl sites for hydroxylation is 1. The summed E-state index contributed by atoms with van der Waals surface area (Å²) >= 11 is 5.61. The molecule has 2 aromatic rings. The average molecular weight is 318 g/mol. The van der Waals surface area contributed by atoms with Crippen molar-refractivity contribution in [1.29, 1.82) is 0 Å². The standard InChI is InChI=1S/C15H12ClF4N/c1-9-6-10(2-4-13(9)17)8-21-14-5-3-11(16)7-12(14)15(18,19)20/h2-7,21H,8H2,1H3. The molecule has 6 heteroatoms. The van der Waals surface area contributed by atoms with Gasteiger partial charge < -0.3 is 5.32 Å². The van der Waals surface area contributed by atoms with E-state index in [0.717, 1.165) is 6.07 Å². The number of hydrogen-bond donors (Lipinski definition) is 1. The smallest absolute Gasteiger partial charge is 0.380 e. The molecule has 0 heterocycles. The molecule has 0 saturated heterocycles. The maximum absolute atomic E-state index is 13.1. The molecule has 0 aliphatic heterocycles. The molecule has 0 radical (unpaired) electrons. The third-order valence-electron chi connectivity index (χ3n) is 2.99. The largest absolute Gasteiger partial charge is 0.418 e. The summed E-state index contributed by atoms with van der Waals surface area (Å²) in [6, 6.07) is 7.94. The summed E-state index contributed by atoms with van der Waals surface area (Å²) in [5.41, 5.74) is 0.251. The number of nitrogens with one attached hydrogen (secondary N) is 1. The van der Waals surface area contributed by atoms with Gasteiger partial charge in [0.15, 0.2) is 0 Å². The Morgan fingerprint density at radius 3 is 2.43 bits per heavy atom. The Balaban J connectivity index is 2.22. The molecule has 0 bridgehead atoms. The van der Waals surface area contributed by atoms with E-state index < -0.39 is 11.7 Å². The number of benzene rings is 2. The molecule has 0 aliphatic carbocycles. The van der Waals surface area contributed by atoms with Crippen LogP contribution in [0.2, 0.25) is 5.02 Å². The third-order valence-corrected chi connectivity index (χ3v) is 3.23. The molecule has 0 atom stereocenters. The average Bonchev–Trinajstić information content (AvgIpc) is 2.40. The summed E-state index contributed by atoms with van der Waals surface area (Å²) in [4.78, 5) is 0. The molecule has 0 spiro atoms. The van der Waals surface area contributed by atoms with Crippen molar-refractivity contribution in [2.75, 3.05) is 5.32 Å². The number of halogens is 5. The Morgan fingerprint density at radius 2 is 1.81 bits per heavy atom. The number of rotatable bonds is 3. The van der Waals surface area contributed by atoms with E-state index in [1.165, 1.54) is 24.3 Å². The van der Waals surface area contributed by atoms with Gasteiger partial charge in [0.2, 0.25) is 0 Å². The molecule has 1 nitrogen and oxygen atoms in total. The monoisotopic (exact) mass is 317 g/mol. The Morgan fingerprint density at radius 1 is 1.10 bits per heavy atom. The molecule has 0 aromatic heterocycles. The zero-order valence-electron chi connectivity index (χ0n) is 11.1. The lowest BCUT2D eigenvalue weighted by Gasteiger charge is -2.15. The molecule has 0 aliphatic rings. The summed E-state index contributed by atoms with van der Waals surface area (Å²) in [5.74, 6) is -0.346. The van der Waals surface area contributed by atoms with Crippen LogP contribution in [0, 0.1) is 12.7 Å². The van der Waals surface area contributed by atoms with E-state index in [9.17, 15) is 17.6 Å². The summed E-state index contributed by atoms with van der Waals surface area (Å²) in [6.45, 7) is 1.76. The Bertz CT molecular complexity index is 653. The predicted molar refractivity (Wildman–Crippen MR) is 74.9 cm³/mol. The minimum absolute atomic E-state index is 0.0190. The van der Waals surface area contributed by atoms with Gasteiger partial charge in [-0.1, -0.05) is 23.7 Å². The fourth-order valence-electron chi connectivity index (χ4n) is 1.92. The lowest BCUT2D eigenvalue weighted by atomic mass is 10.1. The molecule has 0 amide bonds. The Kier molecular flexibility index (Phi) is 4.42. The first-order valence-electron chi connectivity index (χ1n) is 6.13. The summed E-state index contributed by atoms with van der Waals surface area (Å²) in [6.07, 6.45) is -4.49. The number of alkyl halides is 3. The van der Waals surface area contributed by atoms with Gasteiger partial charge in [0, 0.05) is 17.3 Å². The molecule has 112 valence electrons. The van der Waals surface area contributed by atoms with Crippen molar-refractivity contribution >= 4 is 17.3 Å². The second-order valence-electron chi connectivity index (χ2n) is 4.62. The van der Waals surface area contributed by atoms with E-state index >= 15 is 0 Å². The molecular weight excluding hydrogens is 306 g/mol. The SMILES string of the molecule is Cc1cc(CNc2ccc(Cl)cc2C(F)(F)F)ccc1F. The van der Waals surface area contributed by atoms with E-state index in [2.05, 4.69) is 5.32 Å². The van der Waals surface area contributed by atoms with Crippen LogP contribution in [0.4, 0.5) is 23.2 Å². The van der Waals surface area contributed by atoms with E-state index in [-0.39, 0.29) is 23.1 Å². The summed E-state index contributed by atoms with van der Waals surface area (Å²) < 4.78 is 51.9. The summed E-state index contributed by atoms with van der Waals surface area (Å²) in [7, 11) is 0. The first-order valence-corrected chi connectivity index (χ1v) is 6.51. The molecule has 0 saturated carbocycles. The molecular formula is C15H12ClF4N. The van der Waals surface area contributed by atoms with Gasteiger partial charge >= 0.3 is 6.18 Å². The van der Waals surface area contributed by atoms with Crippen molar-refractivity contribution < 1.29 is 17.6 Å². The molecule has 2 rings (SSSR count). The van der Waals surface area contributed by atoms with Crippen LogP contribution in [-0.2, 0) is 12.7 Å². The van der Waals surface area contributed by atoms with Crippen molar-refractivity contribution in [2.24, 2.45) is 0 Å². The van der Waals surface area contributed by atoms with Gasteiger partial charge in [-0.05, 0) is 42.3 Å². The van der Waals surface area contributed by atoms with Gasteiger partial charge in [-0.15, -0.1) is 0 Å². The van der Waals surface area contributed by atoms with Crippen LogP contribution in [0.25, 0.3) is 0 Å². The highest BCUT2D eigenvalue weighted by atomic mass is 35.5. The zero-order chi connectivity index (χ0) is 15.6. The predicted octanol–water partition coefficient (Wildman–Crippen LogP) is 5.42. The quantitative estimate of drug-likeness (QED) is 0.745. The van der Waals surface area contributed by atoms with Gasteiger partial charge in [-0.3, -0.25) is 0 Å². The molecule has 0 fully saturated rings. The van der Waals surface area contributed by atoms with Crippen LogP contribution < -0.4 is 5.32 Å². The van der Waals surface area contributed by atoms with Crippen molar-refractivity contribution in [3.63, 3.8) is 0 Å². The van der Waals surface area contributed by atoms with Crippen LogP contribution in [-0.4, -0.2) is 0 Å². The van der Waals surface area contributed by atoms with Gasteiger partial charge in [-0.2, -0.15) is 13.2 Å². The third kappa shape index (κ3) is 3.88. The number of hydrogen-bond acceptors (Lipinski definition) is 1. The molecule has 21 heavy (non-hydrogen) atoms. The van der Waals surface area contributed by atoms with Crippen LogP contribution in [0.5, 0.6) is 0 Å². The topological polar surface area (TPSA) is 12.0 Å². The second kappa shape index (κ2) is 5.93. The van der Waals surface area contributed by atoms with Crippen LogP contribution in [0.1, 0.15) is 16.7 Å². The highest BCUT2D eigenvalue weighted by molar-refractivity contribution is 6.30. The lowest BCUT2D eigenvalue weighted by Crippen LogP contribution is -2.11. The van der Waals surface area contributed by atoms with Crippen LogP contribution in [0.15, 0.2) is 36.4 Å². The first kappa shape index (κ1) is 15.6. The second-order valence-corrected chi connectivity index (χ2v) is 5.06. The minimum atomic E-state index is -4.49. The Hall–Kier alpha value is -1.75. The fraction of sp³-hybridized carbons (Fsp3) is 0.200. The van der Waals surface area contributed by atoms with E-state index in [0.29, 0.717) is 11.1 Å². The van der Waals surface area contributed by atoms with Gasteiger partial charge in [0.05, 0.1) is 5.56 Å². The van der Waals surface area contributed by atoms with Gasteiger partial charge in [-0.25, -0.2) is 4.39 Å². The zero-order valence-corrected chi connectivity index (χ0v) is 11.8. The maximum Gasteiger partial charge on any atom is 0.418 e. The van der Waals surface area contributed by atoms with Crippen LogP contribution in [0.3, 0.4) is 0 Å². The van der Waals surface area contributed by atoms with E-state index in [1.54, 1.807) is 13.0 Å². The van der Waals surface area contributed by atoms with Crippen molar-refractivity contribution in [3.05, 3.63) is 63.9 Å². The first-order chi connectivity index (χ1) is 9.77. The maximum atomic E-state index is 13.1. The number of anilines is 1. The van der Waals surface area contributed by atoms with E-state index in [4.69, 9.17) is 11.6 Å². The summed E-state index contributed by atoms with van der Waals surface area (Å²) in [5, 5.41) is 2.73. The fourth-order valence-corrected chi connectivity index (χ4v) is 2.09. The van der Waals surface area contributed by atoms with Crippen molar-refractivity contribution in [3.8, 4) is 0 Å². The van der Waals surface area contributed by atoms with Crippen molar-refractivity contribution in [1.82, 2.24) is 0 Å². The molecule has 1 N–H and O–H groups in total. The van der Waals surface area contributed by atoms with Crippen molar-refractivity contribution in [2.45, 2.75) is 19.6 Å². The molecule has 2 aromatic carbocycles.